The van der Waals surface area contributed by atoms with Crippen LogP contribution in [0.4, 0.5) is 0 Å². The Labute approximate surface area is 134 Å². The summed E-state index contributed by atoms with van der Waals surface area (Å²) in [6, 6.07) is 7.23. The summed E-state index contributed by atoms with van der Waals surface area (Å²) in [5.41, 5.74) is 0.615. The van der Waals surface area contributed by atoms with Crippen LogP contribution in [0.1, 0.15) is 22.0 Å². The molecule has 122 valence electrons. The maximum Gasteiger partial charge on any atom is 0.254 e. The zero-order valence-corrected chi connectivity index (χ0v) is 13.4. The molecular weight excluding hydrogens is 296 g/mol. The molecule has 2 heterocycles. The Hall–Kier alpha value is -2.41. The zero-order valence-electron chi connectivity index (χ0n) is 13.4. The van der Waals surface area contributed by atoms with E-state index in [1.165, 1.54) is 0 Å². The lowest BCUT2D eigenvalue weighted by Gasteiger charge is -2.27. The highest BCUT2D eigenvalue weighted by Gasteiger charge is 2.24. The van der Waals surface area contributed by atoms with Crippen molar-refractivity contribution in [3.05, 3.63) is 41.5 Å². The molecule has 7 nitrogen and oxygen atoms in total. The second-order valence-corrected chi connectivity index (χ2v) is 5.41. The van der Waals surface area contributed by atoms with Crippen LogP contribution in [0, 0.1) is 6.92 Å². The maximum atomic E-state index is 12.7. The third-order valence-corrected chi connectivity index (χ3v) is 3.86. The number of carbonyl (C=O) groups is 1. The molecule has 7 heteroatoms. The molecule has 0 aliphatic carbocycles. The van der Waals surface area contributed by atoms with Crippen LogP contribution in [0.3, 0.4) is 0 Å². The van der Waals surface area contributed by atoms with E-state index in [4.69, 9.17) is 9.47 Å². The van der Waals surface area contributed by atoms with Gasteiger partial charge in [0.1, 0.15) is 18.2 Å². The first-order valence-corrected chi connectivity index (χ1v) is 7.59. The van der Waals surface area contributed by atoms with E-state index in [0.717, 1.165) is 18.2 Å². The minimum atomic E-state index is -0.0194. The van der Waals surface area contributed by atoms with Crippen LogP contribution in [0.2, 0.25) is 0 Å². The average Bonchev–Trinajstić information content (AvgIpc) is 2.95. The molecule has 3 rings (SSSR count). The molecule has 0 saturated carbocycles. The van der Waals surface area contributed by atoms with Crippen LogP contribution in [-0.4, -0.2) is 52.4 Å². The van der Waals surface area contributed by atoms with Crippen molar-refractivity contribution in [2.75, 3.05) is 26.9 Å². The summed E-state index contributed by atoms with van der Waals surface area (Å²) in [4.78, 5) is 14.5. The topological polar surface area (TPSA) is 69.5 Å². The first kappa shape index (κ1) is 15.5. The number of amides is 1. The number of hydrogen-bond acceptors (Lipinski definition) is 5. The van der Waals surface area contributed by atoms with Crippen LogP contribution in [0.25, 0.3) is 0 Å². The number of benzene rings is 1. The highest BCUT2D eigenvalue weighted by Crippen LogP contribution is 2.18. The number of fused-ring (bicyclic) bond motifs is 1. The van der Waals surface area contributed by atoms with Gasteiger partial charge in [0.15, 0.2) is 5.82 Å². The molecule has 23 heavy (non-hydrogen) atoms. The largest absolute Gasteiger partial charge is 0.491 e. The van der Waals surface area contributed by atoms with Gasteiger partial charge in [0.2, 0.25) is 0 Å². The fourth-order valence-corrected chi connectivity index (χ4v) is 2.62. The Morgan fingerprint density at radius 2 is 2.13 bits per heavy atom. The monoisotopic (exact) mass is 316 g/mol. The van der Waals surface area contributed by atoms with Gasteiger partial charge < -0.3 is 18.9 Å². The van der Waals surface area contributed by atoms with Crippen molar-refractivity contribution in [1.29, 1.82) is 0 Å². The van der Waals surface area contributed by atoms with E-state index in [1.807, 2.05) is 23.6 Å². The minimum absolute atomic E-state index is 0.0194. The lowest BCUT2D eigenvalue weighted by molar-refractivity contribution is 0.0706. The van der Waals surface area contributed by atoms with Crippen molar-refractivity contribution in [3.63, 3.8) is 0 Å². The number of nitrogens with zero attached hydrogens (tertiary/aromatic N) is 4. The molecule has 0 radical (unpaired) electrons. The Kier molecular flexibility index (Phi) is 4.57. The van der Waals surface area contributed by atoms with Gasteiger partial charge in [-0.15, -0.1) is 10.2 Å². The molecule has 0 fully saturated rings. The summed E-state index contributed by atoms with van der Waals surface area (Å²) < 4.78 is 12.6. The molecule has 0 unspecified atom stereocenters. The highest BCUT2D eigenvalue weighted by atomic mass is 16.5. The maximum absolute atomic E-state index is 12.7. The molecule has 1 aromatic heterocycles. The van der Waals surface area contributed by atoms with Gasteiger partial charge in [-0.1, -0.05) is 6.07 Å². The minimum Gasteiger partial charge on any atom is -0.491 e. The van der Waals surface area contributed by atoms with E-state index in [9.17, 15) is 4.79 Å². The van der Waals surface area contributed by atoms with E-state index in [-0.39, 0.29) is 5.91 Å². The van der Waals surface area contributed by atoms with Crippen LogP contribution in [-0.2, 0) is 17.8 Å². The van der Waals surface area contributed by atoms with Crippen molar-refractivity contribution in [2.24, 2.45) is 0 Å². The molecule has 1 aliphatic heterocycles. The predicted octanol–water partition coefficient (Wildman–Crippen LogP) is 1.27. The number of carbonyl (C=O) groups excluding carboxylic acids is 1. The average molecular weight is 316 g/mol. The van der Waals surface area contributed by atoms with Crippen molar-refractivity contribution in [3.8, 4) is 5.75 Å². The van der Waals surface area contributed by atoms with Gasteiger partial charge in [0.25, 0.3) is 5.91 Å². The van der Waals surface area contributed by atoms with Gasteiger partial charge in [-0.3, -0.25) is 4.79 Å². The van der Waals surface area contributed by atoms with Crippen LogP contribution in [0.15, 0.2) is 24.3 Å². The number of hydrogen-bond donors (Lipinski definition) is 0. The molecule has 1 aromatic carbocycles. The summed E-state index contributed by atoms with van der Waals surface area (Å²) in [6.45, 7) is 4.76. The summed E-state index contributed by atoms with van der Waals surface area (Å²) in [7, 11) is 1.63. The zero-order chi connectivity index (χ0) is 16.2. The molecule has 1 aliphatic rings. The van der Waals surface area contributed by atoms with E-state index >= 15 is 0 Å². The summed E-state index contributed by atoms with van der Waals surface area (Å²) >= 11 is 0. The van der Waals surface area contributed by atoms with Crippen LogP contribution in [0.5, 0.6) is 5.75 Å². The van der Waals surface area contributed by atoms with E-state index < -0.39 is 0 Å². The predicted molar refractivity (Wildman–Crippen MR) is 83.3 cm³/mol. The summed E-state index contributed by atoms with van der Waals surface area (Å²) in [5.74, 6) is 2.37. The Balaban J connectivity index is 1.70. The second-order valence-electron chi connectivity index (χ2n) is 5.41. The fraction of sp³-hybridized carbons (Fsp3) is 0.438. The normalized spacial score (nSPS) is 13.7. The van der Waals surface area contributed by atoms with E-state index in [2.05, 4.69) is 10.2 Å². The SMILES string of the molecule is COCCOc1cccc(C(=O)N2CCn3c(C)nnc3C2)c1. The first-order chi connectivity index (χ1) is 11.2. The third kappa shape index (κ3) is 3.34. The molecule has 1 amide bonds. The van der Waals surface area contributed by atoms with Crippen molar-refractivity contribution in [1.82, 2.24) is 19.7 Å². The van der Waals surface area contributed by atoms with E-state index in [1.54, 1.807) is 24.1 Å². The third-order valence-electron chi connectivity index (χ3n) is 3.86. The standard InChI is InChI=1S/C16H20N4O3/c1-12-17-18-15-11-19(6-7-20(12)15)16(21)13-4-3-5-14(10-13)23-9-8-22-2/h3-5,10H,6-9,11H2,1-2H3. The Bertz CT molecular complexity index is 698. The number of aromatic nitrogens is 3. The van der Waals surface area contributed by atoms with Gasteiger partial charge in [0, 0.05) is 25.8 Å². The van der Waals surface area contributed by atoms with Gasteiger partial charge in [-0.25, -0.2) is 0 Å². The lowest BCUT2D eigenvalue weighted by Crippen LogP contribution is -2.38. The first-order valence-electron chi connectivity index (χ1n) is 7.59. The highest BCUT2D eigenvalue weighted by molar-refractivity contribution is 5.94. The molecule has 2 aromatic rings. The molecule has 0 atom stereocenters. The molecule has 0 bridgehead atoms. The molecule has 0 spiro atoms. The smallest absolute Gasteiger partial charge is 0.254 e. The van der Waals surface area contributed by atoms with Crippen molar-refractivity contribution in [2.45, 2.75) is 20.0 Å². The Morgan fingerprint density at radius 1 is 1.26 bits per heavy atom. The summed E-state index contributed by atoms with van der Waals surface area (Å²) in [5, 5.41) is 8.19. The molecular formula is C16H20N4O3. The van der Waals surface area contributed by atoms with Gasteiger partial charge in [0.05, 0.1) is 13.2 Å². The number of aryl methyl sites for hydroxylation is 1. The Morgan fingerprint density at radius 3 is 2.96 bits per heavy atom. The number of rotatable bonds is 5. The van der Waals surface area contributed by atoms with Crippen molar-refractivity contribution >= 4 is 5.91 Å². The quantitative estimate of drug-likeness (QED) is 0.777. The van der Waals surface area contributed by atoms with Gasteiger partial charge in [-0.05, 0) is 25.1 Å². The second kappa shape index (κ2) is 6.78. The molecule has 0 N–H and O–H groups in total. The van der Waals surface area contributed by atoms with Crippen molar-refractivity contribution < 1.29 is 14.3 Å². The number of ether oxygens (including phenoxy) is 2. The van der Waals surface area contributed by atoms with Gasteiger partial charge >= 0.3 is 0 Å². The van der Waals surface area contributed by atoms with E-state index in [0.29, 0.717) is 37.6 Å². The summed E-state index contributed by atoms with van der Waals surface area (Å²) in [6.07, 6.45) is 0. The fourth-order valence-electron chi connectivity index (χ4n) is 2.62. The van der Waals surface area contributed by atoms with Gasteiger partial charge in [-0.2, -0.15) is 0 Å². The lowest BCUT2D eigenvalue weighted by atomic mass is 10.1. The molecule has 0 saturated heterocycles. The van der Waals surface area contributed by atoms with Crippen LogP contribution >= 0.6 is 0 Å². The number of methoxy groups -OCH3 is 1. The van der Waals surface area contributed by atoms with Crippen LogP contribution < -0.4 is 4.74 Å².